The highest BCUT2D eigenvalue weighted by molar-refractivity contribution is 6.33. The number of nitrogens with zero attached hydrogens (tertiary/aromatic N) is 5. The van der Waals surface area contributed by atoms with Crippen LogP contribution < -0.4 is 4.90 Å². The van der Waals surface area contributed by atoms with Crippen molar-refractivity contribution in [2.24, 2.45) is 0 Å². The van der Waals surface area contributed by atoms with Crippen molar-refractivity contribution in [3.63, 3.8) is 0 Å². The zero-order valence-electron chi connectivity index (χ0n) is 15.1. The van der Waals surface area contributed by atoms with E-state index in [-0.39, 0.29) is 10.7 Å². The Morgan fingerprint density at radius 1 is 1.42 bits per heavy atom. The summed E-state index contributed by atoms with van der Waals surface area (Å²) in [6, 6.07) is 3.39. The Kier molecular flexibility index (Phi) is 5.78. The first-order valence-electron chi connectivity index (χ1n) is 8.76. The molecule has 7 nitrogen and oxygen atoms in total. The summed E-state index contributed by atoms with van der Waals surface area (Å²) < 4.78 is 2.21. The van der Waals surface area contributed by atoms with Gasteiger partial charge < -0.3 is 19.5 Å². The molecular formula is C18H24ClN5O2. The number of carbonyl (C=O) groups is 1. The van der Waals surface area contributed by atoms with Gasteiger partial charge in [-0.3, -0.25) is 0 Å². The van der Waals surface area contributed by atoms with E-state index in [1.165, 1.54) is 0 Å². The molecule has 0 aliphatic carbocycles. The first kappa shape index (κ1) is 18.7. The number of imidazole rings is 1. The van der Waals surface area contributed by atoms with Crippen LogP contribution in [0.1, 0.15) is 35.1 Å². The molecule has 1 atom stereocenters. The number of hydrogen-bond donors (Lipinski definition) is 1. The number of hydrogen-bond acceptors (Lipinski definition) is 5. The van der Waals surface area contributed by atoms with Crippen molar-refractivity contribution in [3.05, 3.63) is 41.1 Å². The second kappa shape index (κ2) is 8.05. The quantitative estimate of drug-likeness (QED) is 0.834. The Balaban J connectivity index is 1.77. The van der Waals surface area contributed by atoms with E-state index in [1.54, 1.807) is 12.1 Å². The molecule has 2 aromatic rings. The average molecular weight is 378 g/mol. The minimum atomic E-state index is -1.11. The molecule has 0 spiro atoms. The van der Waals surface area contributed by atoms with Crippen LogP contribution in [0.25, 0.3) is 0 Å². The molecule has 0 amide bonds. The fourth-order valence-corrected chi connectivity index (χ4v) is 3.52. The van der Waals surface area contributed by atoms with Crippen molar-refractivity contribution in [2.45, 2.75) is 25.3 Å². The molecule has 0 saturated carbocycles. The molecular weight excluding hydrogens is 354 g/mol. The SMILES string of the molecule is CN(C)CCn1ccnc1C1CCCN(c2ccc(Cl)c(C(=O)O)n2)C1. The third-order valence-corrected chi connectivity index (χ3v) is 4.99. The number of aromatic nitrogens is 3. The molecule has 2 aromatic heterocycles. The minimum Gasteiger partial charge on any atom is -0.476 e. The summed E-state index contributed by atoms with van der Waals surface area (Å²) in [5, 5.41) is 9.41. The van der Waals surface area contributed by atoms with Gasteiger partial charge in [0, 0.05) is 44.5 Å². The Bertz CT molecular complexity index is 777. The van der Waals surface area contributed by atoms with E-state index in [4.69, 9.17) is 11.6 Å². The Hall–Kier alpha value is -2.12. The smallest absolute Gasteiger partial charge is 0.356 e. The van der Waals surface area contributed by atoms with Crippen LogP contribution in [0.4, 0.5) is 5.82 Å². The van der Waals surface area contributed by atoms with Crippen molar-refractivity contribution in [1.29, 1.82) is 0 Å². The number of rotatable bonds is 6. The highest BCUT2D eigenvalue weighted by Crippen LogP contribution is 2.29. The van der Waals surface area contributed by atoms with Gasteiger partial charge in [0.15, 0.2) is 5.69 Å². The lowest BCUT2D eigenvalue weighted by Crippen LogP contribution is -2.36. The Morgan fingerprint density at radius 3 is 2.96 bits per heavy atom. The van der Waals surface area contributed by atoms with E-state index in [1.807, 2.05) is 12.4 Å². The number of anilines is 1. The van der Waals surface area contributed by atoms with E-state index in [2.05, 4.69) is 38.4 Å². The van der Waals surface area contributed by atoms with Crippen LogP contribution in [0.3, 0.4) is 0 Å². The van der Waals surface area contributed by atoms with E-state index < -0.39 is 5.97 Å². The topological polar surface area (TPSA) is 74.5 Å². The summed E-state index contributed by atoms with van der Waals surface area (Å²) in [6.07, 6.45) is 5.96. The molecule has 0 radical (unpaired) electrons. The number of pyridine rings is 1. The molecule has 140 valence electrons. The number of halogens is 1. The highest BCUT2D eigenvalue weighted by Gasteiger charge is 2.26. The number of carboxylic acids is 1. The molecule has 3 heterocycles. The summed E-state index contributed by atoms with van der Waals surface area (Å²) in [4.78, 5) is 24.4. The summed E-state index contributed by atoms with van der Waals surface area (Å²) in [5.74, 6) is 0.933. The van der Waals surface area contributed by atoms with Crippen molar-refractivity contribution in [2.75, 3.05) is 38.6 Å². The predicted octanol–water partition coefficient (Wildman–Crippen LogP) is 2.58. The van der Waals surface area contributed by atoms with Gasteiger partial charge in [-0.25, -0.2) is 14.8 Å². The van der Waals surface area contributed by atoms with Crippen molar-refractivity contribution in [3.8, 4) is 0 Å². The average Bonchev–Trinajstić information content (AvgIpc) is 3.09. The van der Waals surface area contributed by atoms with Crippen LogP contribution in [0.2, 0.25) is 5.02 Å². The number of piperidine rings is 1. The number of likely N-dealkylation sites (N-methyl/N-ethyl adjacent to an activating group) is 1. The van der Waals surface area contributed by atoms with Gasteiger partial charge in [-0.2, -0.15) is 0 Å². The van der Waals surface area contributed by atoms with Gasteiger partial charge in [0.1, 0.15) is 11.6 Å². The molecule has 1 aliphatic rings. The van der Waals surface area contributed by atoms with Crippen molar-refractivity contribution < 1.29 is 9.90 Å². The first-order chi connectivity index (χ1) is 12.5. The van der Waals surface area contributed by atoms with Crippen LogP contribution >= 0.6 is 11.6 Å². The van der Waals surface area contributed by atoms with Gasteiger partial charge in [0.2, 0.25) is 0 Å². The molecule has 3 rings (SSSR count). The predicted molar refractivity (Wildman–Crippen MR) is 101 cm³/mol. The van der Waals surface area contributed by atoms with Crippen LogP contribution in [-0.2, 0) is 6.54 Å². The van der Waals surface area contributed by atoms with Gasteiger partial charge in [-0.05, 0) is 39.1 Å². The van der Waals surface area contributed by atoms with Gasteiger partial charge in [-0.15, -0.1) is 0 Å². The third-order valence-electron chi connectivity index (χ3n) is 4.68. The largest absolute Gasteiger partial charge is 0.476 e. The lowest BCUT2D eigenvalue weighted by Gasteiger charge is -2.33. The monoisotopic (exact) mass is 377 g/mol. The molecule has 1 unspecified atom stereocenters. The van der Waals surface area contributed by atoms with Crippen LogP contribution in [-0.4, -0.2) is 64.2 Å². The van der Waals surface area contributed by atoms with Crippen molar-refractivity contribution in [1.82, 2.24) is 19.4 Å². The molecule has 1 aliphatic heterocycles. The maximum Gasteiger partial charge on any atom is 0.356 e. The van der Waals surface area contributed by atoms with E-state index in [9.17, 15) is 9.90 Å². The lowest BCUT2D eigenvalue weighted by atomic mass is 9.97. The number of aromatic carboxylic acids is 1. The number of carboxylic acid groups (broad SMARTS) is 1. The molecule has 0 bridgehead atoms. The fraction of sp³-hybridized carbons (Fsp3) is 0.500. The van der Waals surface area contributed by atoms with Crippen molar-refractivity contribution >= 4 is 23.4 Å². The fourth-order valence-electron chi connectivity index (χ4n) is 3.33. The summed E-state index contributed by atoms with van der Waals surface area (Å²) in [6.45, 7) is 3.48. The Labute approximate surface area is 158 Å². The van der Waals surface area contributed by atoms with Crippen LogP contribution in [0.5, 0.6) is 0 Å². The zero-order chi connectivity index (χ0) is 18.7. The first-order valence-corrected chi connectivity index (χ1v) is 9.14. The maximum absolute atomic E-state index is 11.3. The second-order valence-electron chi connectivity index (χ2n) is 6.87. The van der Waals surface area contributed by atoms with Gasteiger partial charge in [0.05, 0.1) is 5.02 Å². The maximum atomic E-state index is 11.3. The molecule has 1 fully saturated rings. The van der Waals surface area contributed by atoms with Gasteiger partial charge in [-0.1, -0.05) is 11.6 Å². The standard InChI is InChI=1S/C18H24ClN5O2/c1-22(2)10-11-23-9-7-20-17(23)13-4-3-8-24(12-13)15-6-5-14(19)16(21-15)18(25)26/h5-7,9,13H,3-4,8,10-12H2,1-2H3,(H,25,26). The van der Waals surface area contributed by atoms with Crippen LogP contribution in [0, 0.1) is 0 Å². The van der Waals surface area contributed by atoms with E-state index >= 15 is 0 Å². The summed E-state index contributed by atoms with van der Waals surface area (Å²) >= 11 is 5.94. The van der Waals surface area contributed by atoms with E-state index in [0.717, 1.165) is 44.8 Å². The van der Waals surface area contributed by atoms with Gasteiger partial charge >= 0.3 is 5.97 Å². The molecule has 0 aromatic carbocycles. The van der Waals surface area contributed by atoms with Crippen LogP contribution in [0.15, 0.2) is 24.5 Å². The Morgan fingerprint density at radius 2 is 2.23 bits per heavy atom. The second-order valence-corrected chi connectivity index (χ2v) is 7.28. The minimum absolute atomic E-state index is 0.0984. The molecule has 26 heavy (non-hydrogen) atoms. The molecule has 1 saturated heterocycles. The third kappa shape index (κ3) is 4.16. The normalized spacial score (nSPS) is 17.7. The molecule has 1 N–H and O–H groups in total. The zero-order valence-corrected chi connectivity index (χ0v) is 15.9. The highest BCUT2D eigenvalue weighted by atomic mass is 35.5. The molecule has 8 heteroatoms. The summed E-state index contributed by atoms with van der Waals surface area (Å²) in [7, 11) is 4.12. The van der Waals surface area contributed by atoms with Gasteiger partial charge in [0.25, 0.3) is 0 Å². The van der Waals surface area contributed by atoms with E-state index in [0.29, 0.717) is 11.7 Å². The summed E-state index contributed by atoms with van der Waals surface area (Å²) in [5.41, 5.74) is -0.0984. The lowest BCUT2D eigenvalue weighted by molar-refractivity contribution is 0.0691.